The van der Waals surface area contributed by atoms with E-state index in [1.54, 1.807) is 61.4 Å². The molecule has 11 rings (SSSR count). The predicted octanol–water partition coefficient (Wildman–Crippen LogP) is 9.68. The highest BCUT2D eigenvalue weighted by atomic mass is 127. The van der Waals surface area contributed by atoms with Crippen LogP contribution in [-0.4, -0.2) is 92.8 Å². The zero-order valence-electron chi connectivity index (χ0n) is 42.0. The molecule has 3 aliphatic heterocycles. The van der Waals surface area contributed by atoms with Gasteiger partial charge in [0.15, 0.2) is 11.6 Å². The van der Waals surface area contributed by atoms with Gasteiger partial charge in [0.05, 0.1) is 35.5 Å². The van der Waals surface area contributed by atoms with Crippen LogP contribution in [0.3, 0.4) is 0 Å². The second-order valence-corrected chi connectivity index (χ2v) is 19.8. The van der Waals surface area contributed by atoms with Crippen LogP contribution >= 0.6 is 22.6 Å². The first-order chi connectivity index (χ1) is 36.8. The highest BCUT2D eigenvalue weighted by Crippen LogP contribution is 2.37. The summed E-state index contributed by atoms with van der Waals surface area (Å²) in [6.45, 7) is 24.5. The number of fused-ring (bicyclic) bond motifs is 10. The lowest BCUT2D eigenvalue weighted by Crippen LogP contribution is -2.41. The Morgan fingerprint density at radius 1 is 0.618 bits per heavy atom. The average Bonchev–Trinajstić information content (AvgIpc) is 4.16. The molecule has 6 aromatic heterocycles. The Morgan fingerprint density at radius 2 is 1.13 bits per heavy atom. The second-order valence-electron chi connectivity index (χ2n) is 18.5. The molecule has 9 heterocycles. The van der Waals surface area contributed by atoms with Crippen LogP contribution in [0.5, 0.6) is 11.5 Å². The summed E-state index contributed by atoms with van der Waals surface area (Å²) in [5, 5.41) is 22.1. The van der Waals surface area contributed by atoms with Crippen molar-refractivity contribution in [3.63, 3.8) is 0 Å². The molecule has 2 N–H and O–H groups in total. The number of anilines is 2. The van der Waals surface area contributed by atoms with E-state index in [1.807, 2.05) is 97.5 Å². The number of pyridine rings is 4. The van der Waals surface area contributed by atoms with E-state index in [4.69, 9.17) is 31.9 Å². The van der Waals surface area contributed by atoms with Crippen LogP contribution in [0, 0.1) is 16.7 Å². The number of hydrogen-bond donors (Lipinski definition) is 2. The monoisotopic (exact) mass is 1130 g/mol. The Balaban J connectivity index is 0.000000147. The lowest BCUT2D eigenvalue weighted by Gasteiger charge is -2.32. The molecule has 22 heteroatoms. The van der Waals surface area contributed by atoms with Gasteiger partial charge in [-0.15, -0.1) is 30.4 Å². The van der Waals surface area contributed by atoms with Gasteiger partial charge < -0.3 is 48.2 Å². The first-order valence-corrected chi connectivity index (χ1v) is 25.4. The van der Waals surface area contributed by atoms with Gasteiger partial charge in [0.1, 0.15) is 59.6 Å². The van der Waals surface area contributed by atoms with Gasteiger partial charge >= 0.3 is 7.12 Å². The van der Waals surface area contributed by atoms with Crippen molar-refractivity contribution in [3.05, 3.63) is 160 Å². The van der Waals surface area contributed by atoms with E-state index in [-0.39, 0.29) is 23.0 Å². The summed E-state index contributed by atoms with van der Waals surface area (Å²) in [4.78, 5) is 49.8. The molecule has 76 heavy (non-hydrogen) atoms. The fourth-order valence-corrected chi connectivity index (χ4v) is 8.51. The minimum atomic E-state index is -0.410. The van der Waals surface area contributed by atoms with Crippen molar-refractivity contribution in [1.29, 1.82) is 0 Å². The van der Waals surface area contributed by atoms with Crippen LogP contribution in [0.4, 0.5) is 23.3 Å². The van der Waals surface area contributed by atoms with E-state index in [9.17, 15) is 9.59 Å². The topological polar surface area (TPSA) is 217 Å². The smallest absolute Gasteiger partial charge is 0.493 e. The number of benzene rings is 2. The van der Waals surface area contributed by atoms with Crippen LogP contribution in [0.1, 0.15) is 74.1 Å². The van der Waals surface area contributed by atoms with E-state index >= 15 is 0 Å². The molecule has 382 valence electrons. The van der Waals surface area contributed by atoms with Gasteiger partial charge in [-0.1, -0.05) is 43.5 Å². The molecule has 0 atom stereocenters. The number of aromatic nitrogens is 10. The molecule has 1 fully saturated rings. The maximum atomic E-state index is 13.2. The standard InChI is InChI=1S/C24H19N7O2.C18H16IN5O2.C12H15BN2O2/c1-25-21-10-8-17(14-26-21)16-7-9-20-18(13-16)24(32)29-22-6-4-5-19(28-22)23-30-27-15-31(23)11-2-3-12-33-20;19-12-6-7-15-13(10-12)18(25)22-16-5-3-4-14(21-16)17-23-20-11-24(17)8-1-2-9-26-15;1-11(2)12(3,4)17-13(16-11)9-6-7-10(14-5)15-8-9/h4-10,13-15H,2-3,11-12H2,(H,28,29,32);3-7,10-11H,1-2,8-9H2,(H,21,22,25);6-8H,1-4H3. The summed E-state index contributed by atoms with van der Waals surface area (Å²) >= 11 is 2.18. The fourth-order valence-electron chi connectivity index (χ4n) is 8.02. The normalized spacial score (nSPS) is 15.5. The molecule has 2 amide bonds. The van der Waals surface area contributed by atoms with Crippen molar-refractivity contribution in [2.45, 2.75) is 77.7 Å². The fraction of sp³-hybridized carbons (Fsp3) is 0.259. The zero-order chi connectivity index (χ0) is 53.2. The number of halogens is 1. The van der Waals surface area contributed by atoms with Crippen molar-refractivity contribution in [2.75, 3.05) is 23.8 Å². The molecule has 0 radical (unpaired) electrons. The minimum absolute atomic E-state index is 0.248. The maximum absolute atomic E-state index is 13.2. The van der Waals surface area contributed by atoms with E-state index in [2.05, 4.69) is 83.2 Å². The zero-order valence-corrected chi connectivity index (χ0v) is 44.1. The molecule has 4 bridgehead atoms. The summed E-state index contributed by atoms with van der Waals surface area (Å²) < 4.78 is 28.5. The second kappa shape index (κ2) is 23.4. The highest BCUT2D eigenvalue weighted by Gasteiger charge is 2.52. The molecule has 0 unspecified atom stereocenters. The molecule has 20 nitrogen and oxygen atoms in total. The van der Waals surface area contributed by atoms with Crippen molar-refractivity contribution < 1.29 is 28.4 Å². The van der Waals surface area contributed by atoms with Crippen LogP contribution in [-0.2, 0) is 22.4 Å². The Kier molecular flexibility index (Phi) is 16.1. The van der Waals surface area contributed by atoms with Crippen LogP contribution in [0.2, 0.25) is 0 Å². The molecular formula is C54H50BIN14O6. The molecule has 0 spiro atoms. The minimum Gasteiger partial charge on any atom is -0.493 e. The van der Waals surface area contributed by atoms with E-state index < -0.39 is 7.12 Å². The number of hydrogen-bond acceptors (Lipinski definition) is 14. The first-order valence-electron chi connectivity index (χ1n) is 24.3. The van der Waals surface area contributed by atoms with Gasteiger partial charge in [-0.3, -0.25) is 9.59 Å². The number of carbonyl (C=O) groups is 2. The summed E-state index contributed by atoms with van der Waals surface area (Å²) in [6, 6.07) is 28.8. The predicted molar refractivity (Wildman–Crippen MR) is 293 cm³/mol. The number of nitrogens with one attached hydrogen (secondary N) is 2. The van der Waals surface area contributed by atoms with Gasteiger partial charge in [-0.05, 0) is 148 Å². The summed E-state index contributed by atoms with van der Waals surface area (Å²) in [5.41, 5.74) is 3.96. The van der Waals surface area contributed by atoms with Crippen LogP contribution in [0.15, 0.2) is 122 Å². The average molecular weight is 1130 g/mol. The SMILES string of the molecule is O=C1Nc2cccc(n2)-c2nncn2CCCCOc2ccc(I)cc21.[C-]#[N+]c1ccc(-c2ccc3c(c2)C(=O)Nc2cccc(n2)-c2nncn2CCCCO3)cn1.[C-]#[N+]c1ccc(B2OC(C)(C)C(C)(C)O2)cn1. The number of rotatable bonds is 2. The number of amides is 2. The summed E-state index contributed by atoms with van der Waals surface area (Å²) in [5.74, 6) is 3.41. The van der Waals surface area contributed by atoms with Crippen molar-refractivity contribution in [1.82, 2.24) is 49.5 Å². The van der Waals surface area contributed by atoms with Crippen LogP contribution < -0.4 is 25.6 Å². The van der Waals surface area contributed by atoms with Crippen molar-refractivity contribution >= 4 is 70.3 Å². The van der Waals surface area contributed by atoms with Gasteiger partial charge in [-0.25, -0.2) is 9.97 Å². The maximum Gasteiger partial charge on any atom is 0.498 e. The van der Waals surface area contributed by atoms with Crippen LogP contribution in [0.25, 0.3) is 43.9 Å². The number of aryl methyl sites for hydroxylation is 2. The van der Waals surface area contributed by atoms with Gasteiger partial charge in [0, 0.05) is 27.7 Å². The molecular weight excluding hydrogens is 1080 g/mol. The lowest BCUT2D eigenvalue weighted by molar-refractivity contribution is 0.00578. The summed E-state index contributed by atoms with van der Waals surface area (Å²) in [6.07, 6.45) is 10.1. The number of ether oxygens (including phenoxy) is 2. The van der Waals surface area contributed by atoms with E-state index in [0.29, 0.717) is 82.1 Å². The third-order valence-electron chi connectivity index (χ3n) is 12.8. The van der Waals surface area contributed by atoms with Gasteiger partial charge in [0.25, 0.3) is 23.5 Å². The third-order valence-corrected chi connectivity index (χ3v) is 13.5. The molecule has 0 aliphatic carbocycles. The van der Waals surface area contributed by atoms with E-state index in [1.165, 1.54) is 0 Å². The number of carbonyl (C=O) groups excluding carboxylic acids is 2. The van der Waals surface area contributed by atoms with Gasteiger partial charge in [-0.2, -0.15) is 0 Å². The Morgan fingerprint density at radius 3 is 1.64 bits per heavy atom. The molecule has 0 saturated carbocycles. The highest BCUT2D eigenvalue weighted by molar-refractivity contribution is 14.1. The van der Waals surface area contributed by atoms with Gasteiger partial charge in [0.2, 0.25) is 0 Å². The summed E-state index contributed by atoms with van der Waals surface area (Å²) in [7, 11) is -0.410. The number of nitrogens with zero attached hydrogens (tertiary/aromatic N) is 12. The largest absolute Gasteiger partial charge is 0.498 e. The Labute approximate surface area is 452 Å². The first kappa shape index (κ1) is 52.4. The molecule has 3 aliphatic rings. The van der Waals surface area contributed by atoms with Crippen molar-refractivity contribution in [2.24, 2.45) is 0 Å². The lowest BCUT2D eigenvalue weighted by atomic mass is 9.80. The Hall–Kier alpha value is -8.45. The molecule has 8 aromatic rings. The van der Waals surface area contributed by atoms with Crippen molar-refractivity contribution in [3.8, 4) is 45.7 Å². The van der Waals surface area contributed by atoms with E-state index in [0.717, 1.165) is 58.9 Å². The third kappa shape index (κ3) is 12.4. The molecule has 1 saturated heterocycles. The quantitative estimate of drug-likeness (QED) is 0.0936. The molecule has 2 aromatic carbocycles. The Bertz CT molecular complexity index is 3450.